The van der Waals surface area contributed by atoms with Crippen molar-refractivity contribution in [3.05, 3.63) is 41.5 Å². The third-order valence-corrected chi connectivity index (χ3v) is 3.73. The van der Waals surface area contributed by atoms with E-state index in [0.717, 1.165) is 18.4 Å². The molecule has 0 spiro atoms. The van der Waals surface area contributed by atoms with Gasteiger partial charge in [-0.1, -0.05) is 31.9 Å². The predicted octanol–water partition coefficient (Wildman–Crippen LogP) is 3.27. The number of nitriles is 1. The number of nitrogens with zero attached hydrogens (tertiary/aromatic N) is 1. The summed E-state index contributed by atoms with van der Waals surface area (Å²) in [6, 6.07) is 9.62. The van der Waals surface area contributed by atoms with E-state index in [9.17, 15) is 4.79 Å². The van der Waals surface area contributed by atoms with E-state index >= 15 is 0 Å². The molecule has 0 radical (unpaired) electrons. The molecule has 3 heteroatoms. The van der Waals surface area contributed by atoms with E-state index in [4.69, 9.17) is 5.26 Å². The molecule has 0 bridgehead atoms. The Balaban J connectivity index is 1.90. The molecule has 0 aliphatic heterocycles. The van der Waals surface area contributed by atoms with Crippen LogP contribution in [0.3, 0.4) is 0 Å². The van der Waals surface area contributed by atoms with Crippen LogP contribution in [0, 0.1) is 17.2 Å². The van der Waals surface area contributed by atoms with E-state index in [1.807, 2.05) is 12.1 Å². The van der Waals surface area contributed by atoms with E-state index in [0.29, 0.717) is 17.5 Å². The number of benzene rings is 1. The van der Waals surface area contributed by atoms with Crippen molar-refractivity contribution in [1.29, 1.82) is 5.26 Å². The molecular formula is C17H20N2O. The average Bonchev–Trinajstić information content (AvgIpc) is 2.45. The molecule has 104 valence electrons. The molecule has 2 atom stereocenters. The first-order valence-electron chi connectivity index (χ1n) is 7.16. The molecule has 1 amide bonds. The Bertz CT molecular complexity index is 542. The summed E-state index contributed by atoms with van der Waals surface area (Å²) in [7, 11) is 0. The molecule has 2 rings (SSSR count). The average molecular weight is 268 g/mol. The van der Waals surface area contributed by atoms with Gasteiger partial charge in [-0.3, -0.25) is 4.79 Å². The van der Waals surface area contributed by atoms with Crippen LogP contribution in [0.15, 0.2) is 30.3 Å². The van der Waals surface area contributed by atoms with Crippen molar-refractivity contribution in [1.82, 2.24) is 5.32 Å². The highest BCUT2D eigenvalue weighted by Crippen LogP contribution is 2.23. The summed E-state index contributed by atoms with van der Waals surface area (Å²) < 4.78 is 0. The highest BCUT2D eigenvalue weighted by molar-refractivity contribution is 5.91. The summed E-state index contributed by atoms with van der Waals surface area (Å²) in [5.41, 5.74) is 1.48. The Labute approximate surface area is 120 Å². The number of carbonyl (C=O) groups excluding carboxylic acids is 1. The lowest BCUT2D eigenvalue weighted by molar-refractivity contribution is -0.117. The van der Waals surface area contributed by atoms with Crippen molar-refractivity contribution in [2.24, 2.45) is 5.92 Å². The van der Waals surface area contributed by atoms with Crippen molar-refractivity contribution in [3.63, 3.8) is 0 Å². The fourth-order valence-corrected chi connectivity index (χ4v) is 2.70. The first-order valence-corrected chi connectivity index (χ1v) is 7.16. The first-order chi connectivity index (χ1) is 9.67. The van der Waals surface area contributed by atoms with Crippen molar-refractivity contribution >= 4 is 12.0 Å². The quantitative estimate of drug-likeness (QED) is 0.855. The van der Waals surface area contributed by atoms with Gasteiger partial charge >= 0.3 is 0 Å². The maximum atomic E-state index is 11.9. The third-order valence-electron chi connectivity index (χ3n) is 3.73. The SMILES string of the molecule is CC1CCCC(NC(=O)/C=C/c2cccc(C#N)c2)C1. The van der Waals surface area contributed by atoms with Gasteiger partial charge in [0.1, 0.15) is 0 Å². The highest BCUT2D eigenvalue weighted by atomic mass is 16.1. The van der Waals surface area contributed by atoms with E-state index in [-0.39, 0.29) is 5.91 Å². The minimum Gasteiger partial charge on any atom is -0.350 e. The van der Waals surface area contributed by atoms with Crippen LogP contribution in [0.25, 0.3) is 6.08 Å². The third kappa shape index (κ3) is 4.24. The van der Waals surface area contributed by atoms with Gasteiger partial charge in [0.25, 0.3) is 0 Å². The standard InChI is InChI=1S/C17H20N2O/c1-13-4-2-7-16(10-13)19-17(20)9-8-14-5-3-6-15(11-14)12-18/h3,5-6,8-9,11,13,16H,2,4,7,10H2,1H3,(H,19,20)/b9-8+. The minimum absolute atomic E-state index is 0.0496. The van der Waals surface area contributed by atoms with Crippen LogP contribution in [0.2, 0.25) is 0 Å². The van der Waals surface area contributed by atoms with Gasteiger partial charge in [0.05, 0.1) is 11.6 Å². The van der Waals surface area contributed by atoms with E-state index in [2.05, 4.69) is 18.3 Å². The molecule has 1 aliphatic carbocycles. The maximum absolute atomic E-state index is 11.9. The number of nitrogens with one attached hydrogen (secondary N) is 1. The van der Waals surface area contributed by atoms with Crippen molar-refractivity contribution in [2.75, 3.05) is 0 Å². The van der Waals surface area contributed by atoms with Crippen LogP contribution < -0.4 is 5.32 Å². The summed E-state index contributed by atoms with van der Waals surface area (Å²) in [4.78, 5) is 11.9. The highest BCUT2D eigenvalue weighted by Gasteiger charge is 2.19. The van der Waals surface area contributed by atoms with Crippen LogP contribution in [0.1, 0.15) is 43.7 Å². The fraction of sp³-hybridized carbons (Fsp3) is 0.412. The molecule has 20 heavy (non-hydrogen) atoms. The van der Waals surface area contributed by atoms with E-state index in [1.165, 1.54) is 12.8 Å². The Morgan fingerprint density at radius 2 is 2.30 bits per heavy atom. The molecule has 0 saturated heterocycles. The lowest BCUT2D eigenvalue weighted by Gasteiger charge is -2.26. The Hall–Kier alpha value is -2.08. The largest absolute Gasteiger partial charge is 0.350 e. The molecule has 1 aromatic rings. The van der Waals surface area contributed by atoms with Crippen molar-refractivity contribution in [3.8, 4) is 6.07 Å². The van der Waals surface area contributed by atoms with E-state index < -0.39 is 0 Å². The van der Waals surface area contributed by atoms with E-state index in [1.54, 1.807) is 24.3 Å². The topological polar surface area (TPSA) is 52.9 Å². The number of carbonyl (C=O) groups is 1. The summed E-state index contributed by atoms with van der Waals surface area (Å²) in [5.74, 6) is 0.650. The van der Waals surface area contributed by atoms with Gasteiger partial charge in [-0.2, -0.15) is 5.26 Å². The molecule has 1 aliphatic rings. The molecule has 3 nitrogen and oxygen atoms in total. The van der Waals surface area contributed by atoms with Crippen LogP contribution in [0.5, 0.6) is 0 Å². The number of hydrogen-bond acceptors (Lipinski definition) is 2. The normalized spacial score (nSPS) is 22.4. The molecule has 1 saturated carbocycles. The van der Waals surface area contributed by atoms with Gasteiger partial charge in [-0.15, -0.1) is 0 Å². The van der Waals surface area contributed by atoms with Gasteiger partial charge in [0.15, 0.2) is 0 Å². The van der Waals surface area contributed by atoms with Crippen LogP contribution in [0.4, 0.5) is 0 Å². The summed E-state index contributed by atoms with van der Waals surface area (Å²) >= 11 is 0. The second-order valence-corrected chi connectivity index (χ2v) is 5.55. The zero-order valence-electron chi connectivity index (χ0n) is 11.8. The van der Waals surface area contributed by atoms with Gasteiger partial charge in [0, 0.05) is 12.1 Å². The van der Waals surface area contributed by atoms with Crippen LogP contribution >= 0.6 is 0 Å². The maximum Gasteiger partial charge on any atom is 0.244 e. The molecule has 1 fully saturated rings. The van der Waals surface area contributed by atoms with Crippen LogP contribution in [-0.2, 0) is 4.79 Å². The lowest BCUT2D eigenvalue weighted by atomic mass is 9.87. The van der Waals surface area contributed by atoms with Crippen LogP contribution in [-0.4, -0.2) is 11.9 Å². The molecule has 1 N–H and O–H groups in total. The fourth-order valence-electron chi connectivity index (χ4n) is 2.70. The number of rotatable bonds is 3. The molecule has 0 heterocycles. The second-order valence-electron chi connectivity index (χ2n) is 5.55. The summed E-state index contributed by atoms with van der Waals surface area (Å²) in [5, 5.41) is 11.9. The summed E-state index contributed by atoms with van der Waals surface area (Å²) in [6.45, 7) is 2.24. The number of hydrogen-bond donors (Lipinski definition) is 1. The minimum atomic E-state index is -0.0496. The molecule has 0 aromatic heterocycles. The zero-order valence-corrected chi connectivity index (χ0v) is 11.8. The molecule has 2 unspecified atom stereocenters. The Kier molecular flexibility index (Phi) is 4.95. The summed E-state index contributed by atoms with van der Waals surface area (Å²) in [6.07, 6.45) is 7.92. The second kappa shape index (κ2) is 6.91. The molecule has 1 aromatic carbocycles. The van der Waals surface area contributed by atoms with Crippen molar-refractivity contribution in [2.45, 2.75) is 38.6 Å². The van der Waals surface area contributed by atoms with Gasteiger partial charge < -0.3 is 5.32 Å². The number of amides is 1. The predicted molar refractivity (Wildman–Crippen MR) is 79.8 cm³/mol. The van der Waals surface area contributed by atoms with Gasteiger partial charge in [-0.25, -0.2) is 0 Å². The first kappa shape index (κ1) is 14.3. The monoisotopic (exact) mass is 268 g/mol. The van der Waals surface area contributed by atoms with Gasteiger partial charge in [-0.05, 0) is 42.5 Å². The Morgan fingerprint density at radius 1 is 1.45 bits per heavy atom. The zero-order chi connectivity index (χ0) is 14.4. The Morgan fingerprint density at radius 3 is 3.05 bits per heavy atom. The molecular weight excluding hydrogens is 248 g/mol. The van der Waals surface area contributed by atoms with Crippen molar-refractivity contribution < 1.29 is 4.79 Å². The lowest BCUT2D eigenvalue weighted by Crippen LogP contribution is -2.36. The van der Waals surface area contributed by atoms with Gasteiger partial charge in [0.2, 0.25) is 5.91 Å². The smallest absolute Gasteiger partial charge is 0.244 e.